The maximum absolute atomic E-state index is 12.3. The highest BCUT2D eigenvalue weighted by atomic mass is 16.5. The number of esters is 1. The monoisotopic (exact) mass is 348 g/mol. The largest absolute Gasteiger partial charge is 0.465 e. The van der Waals surface area contributed by atoms with E-state index in [-0.39, 0.29) is 11.4 Å². The van der Waals surface area contributed by atoms with Crippen molar-refractivity contribution >= 4 is 5.97 Å². The number of allylic oxidation sites excluding steroid dienone is 1. The van der Waals surface area contributed by atoms with Crippen LogP contribution in [0, 0.1) is 11.3 Å². The minimum absolute atomic E-state index is 0.0442. The second kappa shape index (κ2) is 11.8. The lowest BCUT2D eigenvalue weighted by Crippen LogP contribution is -2.27. The highest BCUT2D eigenvalue weighted by molar-refractivity contribution is 5.80. The standard InChI is InChI=1S/C23H40O2/c1-2-3-4-5-6-7-8-9-10-11-12-13-14-19-25-22(24)23-17-15-21(20-23)16-18-23/h15,17,21H,2-14,16,18-20H2,1H3. The van der Waals surface area contributed by atoms with Crippen molar-refractivity contribution in [2.45, 2.75) is 110 Å². The zero-order valence-corrected chi connectivity index (χ0v) is 16.6. The minimum atomic E-state index is -0.235. The first-order valence-electron chi connectivity index (χ1n) is 11.1. The van der Waals surface area contributed by atoms with Gasteiger partial charge in [0, 0.05) is 0 Å². The van der Waals surface area contributed by atoms with Crippen molar-refractivity contribution in [1.82, 2.24) is 0 Å². The summed E-state index contributed by atoms with van der Waals surface area (Å²) < 4.78 is 5.56. The molecule has 0 aliphatic heterocycles. The fourth-order valence-electron chi connectivity index (χ4n) is 4.43. The van der Waals surface area contributed by atoms with Crippen LogP contribution in [0.15, 0.2) is 12.2 Å². The zero-order chi connectivity index (χ0) is 17.8. The lowest BCUT2D eigenvalue weighted by atomic mass is 9.88. The first-order chi connectivity index (χ1) is 12.3. The van der Waals surface area contributed by atoms with E-state index in [0.29, 0.717) is 12.5 Å². The van der Waals surface area contributed by atoms with Gasteiger partial charge in [-0.3, -0.25) is 4.79 Å². The van der Waals surface area contributed by atoms with Crippen LogP contribution in [0.1, 0.15) is 110 Å². The Balaban J connectivity index is 1.32. The van der Waals surface area contributed by atoms with Gasteiger partial charge in [0.25, 0.3) is 0 Å². The Bertz CT molecular complexity index is 401. The van der Waals surface area contributed by atoms with Gasteiger partial charge in [0.1, 0.15) is 0 Å². The lowest BCUT2D eigenvalue weighted by Gasteiger charge is -2.21. The molecule has 2 bridgehead atoms. The first-order valence-corrected chi connectivity index (χ1v) is 11.1. The van der Waals surface area contributed by atoms with Gasteiger partial charge in [-0.05, 0) is 31.6 Å². The fourth-order valence-corrected chi connectivity index (χ4v) is 4.43. The maximum Gasteiger partial charge on any atom is 0.315 e. The zero-order valence-electron chi connectivity index (χ0n) is 16.6. The van der Waals surface area contributed by atoms with Crippen molar-refractivity contribution in [3.63, 3.8) is 0 Å². The quantitative estimate of drug-likeness (QED) is 0.181. The van der Waals surface area contributed by atoms with E-state index in [1.807, 2.05) is 0 Å². The molecule has 2 heteroatoms. The van der Waals surface area contributed by atoms with Gasteiger partial charge in [-0.1, -0.05) is 96.1 Å². The Morgan fingerprint density at radius 3 is 1.92 bits per heavy atom. The third-order valence-electron chi connectivity index (χ3n) is 6.16. The van der Waals surface area contributed by atoms with E-state index in [9.17, 15) is 4.79 Å². The minimum Gasteiger partial charge on any atom is -0.465 e. The van der Waals surface area contributed by atoms with E-state index >= 15 is 0 Å². The van der Waals surface area contributed by atoms with E-state index in [4.69, 9.17) is 4.74 Å². The van der Waals surface area contributed by atoms with Gasteiger partial charge in [0.2, 0.25) is 0 Å². The first kappa shape index (κ1) is 20.5. The van der Waals surface area contributed by atoms with Gasteiger partial charge in [-0.2, -0.15) is 0 Å². The Labute approximate surface area is 155 Å². The molecule has 0 heterocycles. The van der Waals surface area contributed by atoms with E-state index in [1.54, 1.807) is 0 Å². The second-order valence-electron chi connectivity index (χ2n) is 8.40. The normalized spacial score (nSPS) is 24.1. The van der Waals surface area contributed by atoms with Crippen molar-refractivity contribution in [3.05, 3.63) is 12.2 Å². The van der Waals surface area contributed by atoms with Crippen LogP contribution in [0.3, 0.4) is 0 Å². The van der Waals surface area contributed by atoms with Gasteiger partial charge in [0.05, 0.1) is 12.0 Å². The number of hydrogen-bond donors (Lipinski definition) is 0. The summed E-state index contributed by atoms with van der Waals surface area (Å²) >= 11 is 0. The Hall–Kier alpha value is -0.790. The van der Waals surface area contributed by atoms with Gasteiger partial charge < -0.3 is 4.74 Å². The molecule has 0 radical (unpaired) electrons. The summed E-state index contributed by atoms with van der Waals surface area (Å²) in [4.78, 5) is 12.3. The van der Waals surface area contributed by atoms with Crippen LogP contribution < -0.4 is 0 Å². The fraction of sp³-hybridized carbons (Fsp3) is 0.870. The SMILES string of the molecule is CCCCCCCCCCCCCCCOC(=O)C12C=CC(CC1)C2. The van der Waals surface area contributed by atoms with E-state index in [1.165, 1.54) is 83.5 Å². The molecule has 0 aromatic heterocycles. The number of rotatable bonds is 15. The molecule has 0 N–H and O–H groups in total. The Morgan fingerprint density at radius 2 is 1.48 bits per heavy atom. The molecule has 2 rings (SSSR count). The van der Waals surface area contributed by atoms with E-state index in [2.05, 4.69) is 19.1 Å². The van der Waals surface area contributed by atoms with Gasteiger partial charge in [-0.25, -0.2) is 0 Å². The summed E-state index contributed by atoms with van der Waals surface area (Å²) in [5.41, 5.74) is -0.235. The van der Waals surface area contributed by atoms with Crippen molar-refractivity contribution in [1.29, 1.82) is 0 Å². The molecule has 25 heavy (non-hydrogen) atoms. The van der Waals surface area contributed by atoms with E-state index < -0.39 is 0 Å². The average Bonchev–Trinajstić information content (AvgIpc) is 3.24. The van der Waals surface area contributed by atoms with Gasteiger partial charge >= 0.3 is 5.97 Å². The number of unbranched alkanes of at least 4 members (excludes halogenated alkanes) is 12. The van der Waals surface area contributed by atoms with Crippen molar-refractivity contribution in [3.8, 4) is 0 Å². The lowest BCUT2D eigenvalue weighted by molar-refractivity contribution is -0.152. The molecule has 0 saturated heterocycles. The Morgan fingerprint density at radius 1 is 0.920 bits per heavy atom. The molecule has 0 amide bonds. The molecule has 0 aromatic carbocycles. The molecule has 144 valence electrons. The van der Waals surface area contributed by atoms with Gasteiger partial charge in [0.15, 0.2) is 0 Å². The molecule has 2 nitrogen and oxygen atoms in total. The summed E-state index contributed by atoms with van der Waals surface area (Å²) in [5, 5.41) is 0. The van der Waals surface area contributed by atoms with E-state index in [0.717, 1.165) is 19.3 Å². The summed E-state index contributed by atoms with van der Waals surface area (Å²) in [6.45, 7) is 2.90. The molecule has 1 saturated carbocycles. The van der Waals surface area contributed by atoms with Crippen LogP contribution in [0.2, 0.25) is 0 Å². The highest BCUT2D eigenvalue weighted by Gasteiger charge is 2.47. The third kappa shape index (κ3) is 7.15. The van der Waals surface area contributed by atoms with Crippen molar-refractivity contribution < 1.29 is 9.53 Å². The molecule has 2 aliphatic rings. The van der Waals surface area contributed by atoms with Crippen LogP contribution in [0.4, 0.5) is 0 Å². The number of fused-ring (bicyclic) bond motifs is 2. The maximum atomic E-state index is 12.3. The summed E-state index contributed by atoms with van der Waals surface area (Å²) in [5.74, 6) is 0.687. The van der Waals surface area contributed by atoms with Gasteiger partial charge in [-0.15, -0.1) is 0 Å². The predicted octanol–water partition coefficient (Wildman–Crippen LogP) is 6.98. The number of carbonyl (C=O) groups is 1. The molecule has 0 aromatic rings. The Kier molecular flexibility index (Phi) is 9.65. The average molecular weight is 349 g/mol. The summed E-state index contributed by atoms with van der Waals surface area (Å²) in [6.07, 6.45) is 25.1. The molecule has 0 spiro atoms. The molecule has 2 atom stereocenters. The molecule has 2 unspecified atom stereocenters. The molecular formula is C23H40O2. The smallest absolute Gasteiger partial charge is 0.315 e. The summed E-state index contributed by atoms with van der Waals surface area (Å²) in [7, 11) is 0. The van der Waals surface area contributed by atoms with Crippen LogP contribution in [0.25, 0.3) is 0 Å². The molecular weight excluding hydrogens is 308 g/mol. The number of ether oxygens (including phenoxy) is 1. The third-order valence-corrected chi connectivity index (χ3v) is 6.16. The number of carbonyl (C=O) groups excluding carboxylic acids is 1. The summed E-state index contributed by atoms with van der Waals surface area (Å²) in [6, 6.07) is 0. The van der Waals surface area contributed by atoms with Crippen molar-refractivity contribution in [2.24, 2.45) is 11.3 Å². The second-order valence-corrected chi connectivity index (χ2v) is 8.40. The van der Waals surface area contributed by atoms with Crippen LogP contribution in [0.5, 0.6) is 0 Å². The van der Waals surface area contributed by atoms with Crippen LogP contribution in [-0.4, -0.2) is 12.6 Å². The topological polar surface area (TPSA) is 26.3 Å². The molecule has 2 aliphatic carbocycles. The van der Waals surface area contributed by atoms with Crippen molar-refractivity contribution in [2.75, 3.05) is 6.61 Å². The number of hydrogen-bond acceptors (Lipinski definition) is 2. The predicted molar refractivity (Wildman–Crippen MR) is 106 cm³/mol. The highest BCUT2D eigenvalue weighted by Crippen LogP contribution is 2.49. The van der Waals surface area contributed by atoms with Crippen LogP contribution >= 0.6 is 0 Å². The van der Waals surface area contributed by atoms with Crippen LogP contribution in [-0.2, 0) is 9.53 Å². The molecule has 1 fully saturated rings.